The second-order valence-electron chi connectivity index (χ2n) is 6.25. The highest BCUT2D eigenvalue weighted by molar-refractivity contribution is 7.89. The maximum Gasteiger partial charge on any atom is 0.248 e. The summed E-state index contributed by atoms with van der Waals surface area (Å²) in [5.41, 5.74) is 1.08. The third-order valence-electron chi connectivity index (χ3n) is 4.33. The number of hydrogen-bond donors (Lipinski definition) is 1. The Bertz CT molecular complexity index is 1000. The van der Waals surface area contributed by atoms with Crippen LogP contribution in [0.2, 0.25) is 5.02 Å². The van der Waals surface area contributed by atoms with Crippen LogP contribution in [0.4, 0.5) is 5.69 Å². The number of anilines is 1. The molecule has 0 spiro atoms. The standard InChI is InChI=1S/C20H21ClN2O5S/c1-27-19-8-7-17(29(25,26)23-10-12-28-13-11-23)14-18(19)22-20(24)9-4-15-2-5-16(21)6-3-15/h2-9,14H,10-13H2,1H3,(H,22,24)/b9-4+. The maximum atomic E-state index is 12.9. The number of carbonyl (C=O) groups is 1. The van der Waals surface area contributed by atoms with Gasteiger partial charge in [-0.1, -0.05) is 23.7 Å². The fraction of sp³-hybridized carbons (Fsp3) is 0.250. The SMILES string of the molecule is COc1ccc(S(=O)(=O)N2CCOCC2)cc1NC(=O)/C=C/c1ccc(Cl)cc1. The average molecular weight is 437 g/mol. The molecular weight excluding hydrogens is 416 g/mol. The highest BCUT2D eigenvalue weighted by atomic mass is 35.5. The first-order valence-corrected chi connectivity index (χ1v) is 10.7. The molecule has 154 valence electrons. The summed E-state index contributed by atoms with van der Waals surface area (Å²) >= 11 is 5.85. The van der Waals surface area contributed by atoms with Crippen LogP contribution >= 0.6 is 11.6 Å². The molecule has 29 heavy (non-hydrogen) atoms. The monoisotopic (exact) mass is 436 g/mol. The Morgan fingerprint density at radius 2 is 1.86 bits per heavy atom. The summed E-state index contributed by atoms with van der Waals surface area (Å²) < 4.78 is 37.5. The molecule has 1 aliphatic heterocycles. The third kappa shape index (κ3) is 5.36. The molecule has 0 radical (unpaired) electrons. The van der Waals surface area contributed by atoms with Crippen LogP contribution in [0.15, 0.2) is 53.4 Å². The van der Waals surface area contributed by atoms with Gasteiger partial charge in [0.25, 0.3) is 0 Å². The first-order valence-electron chi connectivity index (χ1n) is 8.91. The number of benzene rings is 2. The minimum absolute atomic E-state index is 0.0807. The summed E-state index contributed by atoms with van der Waals surface area (Å²) in [6.07, 6.45) is 2.98. The van der Waals surface area contributed by atoms with E-state index in [1.54, 1.807) is 30.3 Å². The van der Waals surface area contributed by atoms with Crippen LogP contribution in [0, 0.1) is 0 Å². The zero-order valence-corrected chi connectivity index (χ0v) is 17.4. The van der Waals surface area contributed by atoms with Gasteiger partial charge in [0.05, 0.1) is 30.9 Å². The van der Waals surface area contributed by atoms with E-state index in [1.165, 1.54) is 35.7 Å². The van der Waals surface area contributed by atoms with Gasteiger partial charge in [0, 0.05) is 24.2 Å². The van der Waals surface area contributed by atoms with Crippen LogP contribution in [0.3, 0.4) is 0 Å². The molecule has 1 aliphatic rings. The summed E-state index contributed by atoms with van der Waals surface area (Å²) in [6.45, 7) is 1.29. The van der Waals surface area contributed by atoms with Gasteiger partial charge in [0.1, 0.15) is 5.75 Å². The molecule has 0 aliphatic carbocycles. The first-order chi connectivity index (χ1) is 13.9. The van der Waals surface area contributed by atoms with Crippen LogP contribution in [0.5, 0.6) is 5.75 Å². The number of ether oxygens (including phenoxy) is 2. The lowest BCUT2D eigenvalue weighted by Gasteiger charge is -2.26. The van der Waals surface area contributed by atoms with Crippen molar-refractivity contribution >= 4 is 39.3 Å². The topological polar surface area (TPSA) is 84.9 Å². The molecule has 2 aromatic carbocycles. The summed E-state index contributed by atoms with van der Waals surface area (Å²) in [5.74, 6) is -0.0571. The summed E-state index contributed by atoms with van der Waals surface area (Å²) in [6, 6.07) is 11.4. The number of rotatable bonds is 6. The van der Waals surface area contributed by atoms with E-state index < -0.39 is 15.9 Å². The zero-order chi connectivity index (χ0) is 20.9. The lowest BCUT2D eigenvalue weighted by Crippen LogP contribution is -2.40. The lowest BCUT2D eigenvalue weighted by atomic mass is 10.2. The molecule has 0 saturated carbocycles. The van der Waals surface area contributed by atoms with Crippen molar-refractivity contribution in [2.24, 2.45) is 0 Å². The van der Waals surface area contributed by atoms with E-state index in [1.807, 2.05) is 0 Å². The maximum absolute atomic E-state index is 12.9. The van der Waals surface area contributed by atoms with E-state index in [-0.39, 0.29) is 10.6 Å². The quantitative estimate of drug-likeness (QED) is 0.703. The first kappa shape index (κ1) is 21.3. The van der Waals surface area contributed by atoms with Crippen molar-refractivity contribution in [1.29, 1.82) is 0 Å². The van der Waals surface area contributed by atoms with Crippen molar-refractivity contribution < 1.29 is 22.7 Å². The molecule has 1 heterocycles. The normalized spacial score (nSPS) is 15.4. The molecule has 0 bridgehead atoms. The molecular formula is C20H21ClN2O5S. The highest BCUT2D eigenvalue weighted by Gasteiger charge is 2.27. The van der Waals surface area contributed by atoms with Gasteiger partial charge in [-0.15, -0.1) is 0 Å². The van der Waals surface area contributed by atoms with Crippen LogP contribution in [-0.4, -0.2) is 52.0 Å². The van der Waals surface area contributed by atoms with Crippen LogP contribution in [-0.2, 0) is 19.6 Å². The number of hydrogen-bond acceptors (Lipinski definition) is 5. The van der Waals surface area contributed by atoms with Gasteiger partial charge in [-0.2, -0.15) is 4.31 Å². The molecule has 2 aromatic rings. The second-order valence-corrected chi connectivity index (χ2v) is 8.63. The minimum Gasteiger partial charge on any atom is -0.495 e. The average Bonchev–Trinajstić information content (AvgIpc) is 2.74. The molecule has 7 nitrogen and oxygen atoms in total. The number of halogens is 1. The number of sulfonamides is 1. The van der Waals surface area contributed by atoms with Gasteiger partial charge in [0.15, 0.2) is 0 Å². The molecule has 0 aromatic heterocycles. The number of methoxy groups -OCH3 is 1. The fourth-order valence-electron chi connectivity index (χ4n) is 2.80. The van der Waals surface area contributed by atoms with E-state index in [0.29, 0.717) is 37.1 Å². The summed E-state index contributed by atoms with van der Waals surface area (Å²) in [4.78, 5) is 12.4. The second kappa shape index (κ2) is 9.41. The Morgan fingerprint density at radius 3 is 2.52 bits per heavy atom. The molecule has 3 rings (SSSR count). The Morgan fingerprint density at radius 1 is 1.17 bits per heavy atom. The zero-order valence-electron chi connectivity index (χ0n) is 15.8. The van der Waals surface area contributed by atoms with E-state index in [2.05, 4.69) is 5.32 Å². The predicted molar refractivity (Wildman–Crippen MR) is 112 cm³/mol. The minimum atomic E-state index is -3.69. The Labute approximate surface area is 174 Å². The smallest absolute Gasteiger partial charge is 0.248 e. The molecule has 9 heteroatoms. The van der Waals surface area contributed by atoms with Gasteiger partial charge in [-0.25, -0.2) is 8.42 Å². The molecule has 1 saturated heterocycles. The Balaban J connectivity index is 1.79. The van der Waals surface area contributed by atoms with Crippen molar-refractivity contribution in [2.45, 2.75) is 4.90 Å². The van der Waals surface area contributed by atoms with Crippen LogP contribution in [0.1, 0.15) is 5.56 Å². The van der Waals surface area contributed by atoms with Crippen molar-refractivity contribution in [1.82, 2.24) is 4.31 Å². The number of amides is 1. The van der Waals surface area contributed by atoms with E-state index in [0.717, 1.165) is 5.56 Å². The fourth-order valence-corrected chi connectivity index (χ4v) is 4.36. The summed E-state index contributed by atoms with van der Waals surface area (Å²) in [7, 11) is -2.24. The van der Waals surface area contributed by atoms with Crippen molar-refractivity contribution in [3.05, 3.63) is 59.1 Å². The molecule has 1 amide bonds. The van der Waals surface area contributed by atoms with E-state index >= 15 is 0 Å². The van der Waals surface area contributed by atoms with Crippen molar-refractivity contribution in [3.63, 3.8) is 0 Å². The molecule has 1 N–H and O–H groups in total. The molecule has 0 unspecified atom stereocenters. The van der Waals surface area contributed by atoms with Gasteiger partial charge >= 0.3 is 0 Å². The number of morpholine rings is 1. The van der Waals surface area contributed by atoms with Crippen molar-refractivity contribution in [2.75, 3.05) is 38.7 Å². The molecule has 0 atom stereocenters. The van der Waals surface area contributed by atoms with Crippen LogP contribution in [0.25, 0.3) is 6.08 Å². The highest BCUT2D eigenvalue weighted by Crippen LogP contribution is 2.29. The summed E-state index contributed by atoms with van der Waals surface area (Å²) in [5, 5.41) is 3.28. The van der Waals surface area contributed by atoms with Crippen molar-refractivity contribution in [3.8, 4) is 5.75 Å². The number of nitrogens with one attached hydrogen (secondary N) is 1. The number of nitrogens with zero attached hydrogens (tertiary/aromatic N) is 1. The Hall–Kier alpha value is -2.39. The third-order valence-corrected chi connectivity index (χ3v) is 6.48. The van der Waals surface area contributed by atoms with E-state index in [4.69, 9.17) is 21.1 Å². The van der Waals surface area contributed by atoms with Gasteiger partial charge < -0.3 is 14.8 Å². The van der Waals surface area contributed by atoms with Gasteiger partial charge in [-0.05, 0) is 42.0 Å². The molecule has 1 fully saturated rings. The van der Waals surface area contributed by atoms with Gasteiger partial charge in [0.2, 0.25) is 15.9 Å². The van der Waals surface area contributed by atoms with Crippen LogP contribution < -0.4 is 10.1 Å². The Kier molecular flexibility index (Phi) is 6.92. The van der Waals surface area contributed by atoms with E-state index in [9.17, 15) is 13.2 Å². The largest absolute Gasteiger partial charge is 0.495 e. The van der Waals surface area contributed by atoms with Gasteiger partial charge in [-0.3, -0.25) is 4.79 Å². The lowest BCUT2D eigenvalue weighted by molar-refractivity contribution is -0.111. The number of carbonyl (C=O) groups excluding carboxylic acids is 1. The predicted octanol–water partition coefficient (Wildman–Crippen LogP) is 3.02.